The lowest BCUT2D eigenvalue weighted by molar-refractivity contribution is -0.384. The maximum atomic E-state index is 10.9. The summed E-state index contributed by atoms with van der Waals surface area (Å²) in [5.41, 5.74) is 2.98. The monoisotopic (exact) mass is 326 g/mol. The quantitative estimate of drug-likeness (QED) is 0.671. The third-order valence-electron chi connectivity index (χ3n) is 2.59. The van der Waals surface area contributed by atoms with E-state index >= 15 is 0 Å². The second kappa shape index (κ2) is 5.49. The Balaban J connectivity index is 2.19. The molecule has 6 heteroatoms. The molecule has 0 fully saturated rings. The standard InChI is InChI=1S/C12H11BrN2O2S/c1-8-6-18-7-9(8)5-14-11-3-2-10(13)4-12(11)15(16)17/h2-4,6-7,14H,5H2,1H3. The fourth-order valence-corrected chi connectivity index (χ4v) is 2.77. The van der Waals surface area contributed by atoms with Gasteiger partial charge in [0.2, 0.25) is 0 Å². The molecule has 1 aromatic carbocycles. The van der Waals surface area contributed by atoms with Crippen molar-refractivity contribution in [2.24, 2.45) is 0 Å². The zero-order valence-corrected chi connectivity index (χ0v) is 12.0. The van der Waals surface area contributed by atoms with Gasteiger partial charge in [0.05, 0.1) is 4.92 Å². The first-order valence-corrected chi connectivity index (χ1v) is 7.01. The second-order valence-corrected chi connectivity index (χ2v) is 5.51. The predicted molar refractivity (Wildman–Crippen MR) is 77.2 cm³/mol. The Kier molecular flexibility index (Phi) is 3.98. The van der Waals surface area contributed by atoms with Crippen LogP contribution >= 0.6 is 27.3 Å². The van der Waals surface area contributed by atoms with Crippen molar-refractivity contribution in [3.63, 3.8) is 0 Å². The molecule has 0 saturated heterocycles. The molecule has 2 rings (SSSR count). The molecule has 4 nitrogen and oxygen atoms in total. The van der Waals surface area contributed by atoms with Gasteiger partial charge in [0.25, 0.3) is 5.69 Å². The first-order valence-electron chi connectivity index (χ1n) is 5.27. The smallest absolute Gasteiger partial charge is 0.293 e. The number of rotatable bonds is 4. The van der Waals surface area contributed by atoms with Crippen molar-refractivity contribution in [3.8, 4) is 0 Å². The van der Waals surface area contributed by atoms with Crippen molar-refractivity contribution in [3.05, 3.63) is 54.7 Å². The van der Waals surface area contributed by atoms with Crippen LogP contribution in [0.5, 0.6) is 0 Å². The Morgan fingerprint density at radius 2 is 2.22 bits per heavy atom. The van der Waals surface area contributed by atoms with Gasteiger partial charge in [-0.3, -0.25) is 10.1 Å². The summed E-state index contributed by atoms with van der Waals surface area (Å²) in [6.45, 7) is 2.63. The number of hydrogen-bond acceptors (Lipinski definition) is 4. The molecule has 18 heavy (non-hydrogen) atoms. The van der Waals surface area contributed by atoms with Crippen molar-refractivity contribution in [1.29, 1.82) is 0 Å². The summed E-state index contributed by atoms with van der Waals surface area (Å²) < 4.78 is 0.700. The molecule has 0 aliphatic carbocycles. The van der Waals surface area contributed by atoms with E-state index in [9.17, 15) is 10.1 Å². The number of nitro benzene ring substituents is 1. The summed E-state index contributed by atoms with van der Waals surface area (Å²) in [5.74, 6) is 0. The van der Waals surface area contributed by atoms with Gasteiger partial charge in [-0.25, -0.2) is 0 Å². The van der Waals surface area contributed by atoms with Gasteiger partial charge in [-0.05, 0) is 40.9 Å². The molecule has 0 bridgehead atoms. The number of benzene rings is 1. The third-order valence-corrected chi connectivity index (χ3v) is 3.99. The number of hydrogen-bond donors (Lipinski definition) is 1. The lowest BCUT2D eigenvalue weighted by atomic mass is 10.2. The van der Waals surface area contributed by atoms with Crippen molar-refractivity contribution in [1.82, 2.24) is 0 Å². The average molecular weight is 327 g/mol. The van der Waals surface area contributed by atoms with Crippen LogP contribution in [-0.2, 0) is 6.54 Å². The highest BCUT2D eigenvalue weighted by molar-refractivity contribution is 9.10. The number of nitrogens with one attached hydrogen (secondary N) is 1. The minimum atomic E-state index is -0.381. The summed E-state index contributed by atoms with van der Waals surface area (Å²) >= 11 is 4.87. The first kappa shape index (κ1) is 13.0. The predicted octanol–water partition coefficient (Wildman–Crippen LogP) is 4.34. The highest BCUT2D eigenvalue weighted by Gasteiger charge is 2.14. The van der Waals surface area contributed by atoms with Gasteiger partial charge >= 0.3 is 0 Å². The normalized spacial score (nSPS) is 10.3. The van der Waals surface area contributed by atoms with E-state index in [-0.39, 0.29) is 10.6 Å². The number of halogens is 1. The number of nitro groups is 1. The Labute approximate surface area is 117 Å². The fourth-order valence-electron chi connectivity index (χ4n) is 1.56. The lowest BCUT2D eigenvalue weighted by Gasteiger charge is -2.07. The molecule has 0 atom stereocenters. The zero-order valence-electron chi connectivity index (χ0n) is 9.64. The summed E-state index contributed by atoms with van der Waals surface area (Å²) in [7, 11) is 0. The minimum Gasteiger partial charge on any atom is -0.375 e. The molecule has 1 N–H and O–H groups in total. The van der Waals surface area contributed by atoms with E-state index in [1.165, 1.54) is 11.6 Å². The Morgan fingerprint density at radius 3 is 2.83 bits per heavy atom. The van der Waals surface area contributed by atoms with Crippen LogP contribution in [0.2, 0.25) is 0 Å². The van der Waals surface area contributed by atoms with Crippen LogP contribution in [0.15, 0.2) is 33.4 Å². The van der Waals surface area contributed by atoms with Crippen LogP contribution in [0.3, 0.4) is 0 Å². The molecule has 1 aromatic heterocycles. The van der Waals surface area contributed by atoms with Crippen LogP contribution in [0, 0.1) is 17.0 Å². The minimum absolute atomic E-state index is 0.0808. The third kappa shape index (κ3) is 2.88. The van der Waals surface area contributed by atoms with Gasteiger partial charge in [0.15, 0.2) is 0 Å². The van der Waals surface area contributed by atoms with Gasteiger partial charge in [0.1, 0.15) is 5.69 Å². The molecule has 1 heterocycles. The molecule has 0 radical (unpaired) electrons. The van der Waals surface area contributed by atoms with E-state index in [1.54, 1.807) is 23.5 Å². The summed E-state index contributed by atoms with van der Waals surface area (Å²) in [5, 5.41) is 18.2. The molecule has 0 amide bonds. The van der Waals surface area contributed by atoms with E-state index < -0.39 is 0 Å². The van der Waals surface area contributed by atoms with Gasteiger partial charge in [-0.2, -0.15) is 11.3 Å². The number of nitrogens with zero attached hydrogens (tertiary/aromatic N) is 1. The zero-order chi connectivity index (χ0) is 13.1. The SMILES string of the molecule is Cc1cscc1CNc1ccc(Br)cc1[N+](=O)[O-]. The number of aryl methyl sites for hydroxylation is 1. The Hall–Kier alpha value is -1.40. The van der Waals surface area contributed by atoms with Gasteiger partial charge in [-0.1, -0.05) is 15.9 Å². The van der Waals surface area contributed by atoms with E-state index in [2.05, 4.69) is 26.6 Å². The summed E-state index contributed by atoms with van der Waals surface area (Å²) in [4.78, 5) is 10.6. The Bertz CT molecular complexity index is 583. The molecule has 0 unspecified atom stereocenters. The maximum Gasteiger partial charge on any atom is 0.293 e. The molecular weight excluding hydrogens is 316 g/mol. The number of thiophene rings is 1. The lowest BCUT2D eigenvalue weighted by Crippen LogP contribution is -2.02. The highest BCUT2D eigenvalue weighted by atomic mass is 79.9. The Morgan fingerprint density at radius 1 is 1.44 bits per heavy atom. The van der Waals surface area contributed by atoms with Gasteiger partial charge < -0.3 is 5.32 Å². The molecule has 2 aromatic rings. The maximum absolute atomic E-state index is 10.9. The van der Waals surface area contributed by atoms with Gasteiger partial charge in [0, 0.05) is 17.1 Å². The van der Waals surface area contributed by atoms with Crippen molar-refractivity contribution >= 4 is 38.6 Å². The van der Waals surface area contributed by atoms with Crippen LogP contribution in [-0.4, -0.2) is 4.92 Å². The largest absolute Gasteiger partial charge is 0.375 e. The summed E-state index contributed by atoms with van der Waals surface area (Å²) in [6, 6.07) is 5.00. The molecule has 0 saturated carbocycles. The van der Waals surface area contributed by atoms with E-state index in [0.717, 1.165) is 5.56 Å². The molecule has 94 valence electrons. The topological polar surface area (TPSA) is 55.2 Å². The van der Waals surface area contributed by atoms with E-state index in [4.69, 9.17) is 0 Å². The van der Waals surface area contributed by atoms with Crippen LogP contribution < -0.4 is 5.32 Å². The molecule has 0 aliphatic heterocycles. The van der Waals surface area contributed by atoms with Crippen molar-refractivity contribution < 1.29 is 4.92 Å². The van der Waals surface area contributed by atoms with Crippen LogP contribution in [0.25, 0.3) is 0 Å². The van der Waals surface area contributed by atoms with Gasteiger partial charge in [-0.15, -0.1) is 0 Å². The first-order chi connectivity index (χ1) is 8.58. The summed E-state index contributed by atoms with van der Waals surface area (Å²) in [6.07, 6.45) is 0. The van der Waals surface area contributed by atoms with Crippen LogP contribution in [0.4, 0.5) is 11.4 Å². The highest BCUT2D eigenvalue weighted by Crippen LogP contribution is 2.28. The number of anilines is 1. The average Bonchev–Trinajstić information content (AvgIpc) is 2.73. The second-order valence-electron chi connectivity index (χ2n) is 3.85. The van der Waals surface area contributed by atoms with E-state index in [1.807, 2.05) is 12.3 Å². The van der Waals surface area contributed by atoms with E-state index in [0.29, 0.717) is 16.7 Å². The van der Waals surface area contributed by atoms with Crippen molar-refractivity contribution in [2.45, 2.75) is 13.5 Å². The molecule has 0 spiro atoms. The van der Waals surface area contributed by atoms with Crippen LogP contribution in [0.1, 0.15) is 11.1 Å². The molecule has 0 aliphatic rings. The van der Waals surface area contributed by atoms with Crippen molar-refractivity contribution in [2.75, 3.05) is 5.32 Å². The molecular formula is C12H11BrN2O2S. The fraction of sp³-hybridized carbons (Fsp3) is 0.167.